The van der Waals surface area contributed by atoms with E-state index in [4.69, 9.17) is 17.0 Å². The summed E-state index contributed by atoms with van der Waals surface area (Å²) in [6.45, 7) is 8.30. The fourth-order valence-electron chi connectivity index (χ4n) is 1.44. The topological polar surface area (TPSA) is 37.9 Å². The minimum absolute atomic E-state index is 0.430. The molecular formula is C12H20N2OS. The lowest BCUT2D eigenvalue weighted by atomic mass is 10.1. The smallest absolute Gasteiger partial charge is 0.139 e. The van der Waals surface area contributed by atoms with Gasteiger partial charge in [0.25, 0.3) is 0 Å². The molecule has 3 nitrogen and oxygen atoms in total. The standard InChI is InChI=1S/C12H20N2OS/c1-8(2)6-9-7-10(16)14-11(13-9)12(3,4)15-5/h7-8H,6H2,1-5H3,(H,13,14,16). The van der Waals surface area contributed by atoms with Gasteiger partial charge in [-0.2, -0.15) is 0 Å². The maximum atomic E-state index is 5.40. The van der Waals surface area contributed by atoms with E-state index in [2.05, 4.69) is 23.8 Å². The van der Waals surface area contributed by atoms with Gasteiger partial charge in [0.2, 0.25) is 0 Å². The number of ether oxygens (including phenoxy) is 1. The molecule has 0 aliphatic heterocycles. The van der Waals surface area contributed by atoms with Gasteiger partial charge in [-0.3, -0.25) is 0 Å². The number of aromatic amines is 1. The van der Waals surface area contributed by atoms with E-state index < -0.39 is 5.60 Å². The Balaban J connectivity index is 3.13. The number of rotatable bonds is 4. The van der Waals surface area contributed by atoms with Gasteiger partial charge in [0.1, 0.15) is 16.1 Å². The summed E-state index contributed by atoms with van der Waals surface area (Å²) in [4.78, 5) is 7.62. The number of hydrogen-bond donors (Lipinski definition) is 1. The number of methoxy groups -OCH3 is 1. The second kappa shape index (κ2) is 5.06. The molecule has 0 aliphatic rings. The minimum atomic E-state index is -0.430. The summed E-state index contributed by atoms with van der Waals surface area (Å²) < 4.78 is 6.02. The fraction of sp³-hybridized carbons (Fsp3) is 0.667. The molecular weight excluding hydrogens is 220 g/mol. The highest BCUT2D eigenvalue weighted by molar-refractivity contribution is 7.71. The number of nitrogens with one attached hydrogen (secondary N) is 1. The lowest BCUT2D eigenvalue weighted by Crippen LogP contribution is -2.23. The first-order chi connectivity index (χ1) is 7.35. The third-order valence-corrected chi connectivity index (χ3v) is 2.72. The monoisotopic (exact) mass is 240 g/mol. The summed E-state index contributed by atoms with van der Waals surface area (Å²) >= 11 is 5.17. The molecule has 1 aromatic rings. The second-order valence-electron chi connectivity index (χ2n) is 4.91. The Morgan fingerprint density at radius 2 is 2.12 bits per heavy atom. The van der Waals surface area contributed by atoms with Crippen LogP contribution in [0.5, 0.6) is 0 Å². The van der Waals surface area contributed by atoms with Crippen molar-refractivity contribution >= 4 is 12.2 Å². The van der Waals surface area contributed by atoms with E-state index in [0.717, 1.165) is 17.9 Å². The van der Waals surface area contributed by atoms with Crippen molar-refractivity contribution in [1.82, 2.24) is 9.97 Å². The van der Waals surface area contributed by atoms with E-state index in [1.807, 2.05) is 19.9 Å². The normalized spacial score (nSPS) is 12.1. The fourth-order valence-corrected chi connectivity index (χ4v) is 1.67. The lowest BCUT2D eigenvalue weighted by molar-refractivity contribution is 0.0111. The van der Waals surface area contributed by atoms with Crippen molar-refractivity contribution in [2.24, 2.45) is 5.92 Å². The molecule has 0 amide bonds. The van der Waals surface area contributed by atoms with Crippen LogP contribution in [-0.2, 0) is 16.8 Å². The van der Waals surface area contributed by atoms with E-state index >= 15 is 0 Å². The molecule has 1 N–H and O–H groups in total. The van der Waals surface area contributed by atoms with Crippen molar-refractivity contribution in [3.05, 3.63) is 22.2 Å². The van der Waals surface area contributed by atoms with Crippen LogP contribution in [0.2, 0.25) is 0 Å². The summed E-state index contributed by atoms with van der Waals surface area (Å²) in [5.74, 6) is 1.38. The van der Waals surface area contributed by atoms with Gasteiger partial charge in [0.15, 0.2) is 0 Å². The van der Waals surface area contributed by atoms with Crippen molar-refractivity contribution in [2.45, 2.75) is 39.7 Å². The maximum Gasteiger partial charge on any atom is 0.139 e. The van der Waals surface area contributed by atoms with E-state index in [1.165, 1.54) is 0 Å². The van der Waals surface area contributed by atoms with E-state index in [9.17, 15) is 0 Å². The molecule has 4 heteroatoms. The van der Waals surface area contributed by atoms with Crippen LogP contribution in [0.1, 0.15) is 39.2 Å². The number of H-pyrrole nitrogens is 1. The summed E-state index contributed by atoms with van der Waals surface area (Å²) in [5, 5.41) is 0. The Morgan fingerprint density at radius 3 is 2.62 bits per heavy atom. The first-order valence-corrected chi connectivity index (χ1v) is 5.92. The van der Waals surface area contributed by atoms with E-state index in [1.54, 1.807) is 7.11 Å². The highest BCUT2D eigenvalue weighted by Gasteiger charge is 2.22. The molecule has 0 saturated carbocycles. The minimum Gasteiger partial charge on any atom is -0.371 e. The van der Waals surface area contributed by atoms with Crippen LogP contribution in [0.4, 0.5) is 0 Å². The molecule has 0 radical (unpaired) electrons. The molecule has 1 aromatic heterocycles. The first-order valence-electron chi connectivity index (χ1n) is 5.51. The predicted octanol–water partition coefficient (Wildman–Crippen LogP) is 3.22. The molecule has 0 atom stereocenters. The number of aromatic nitrogens is 2. The molecule has 16 heavy (non-hydrogen) atoms. The van der Waals surface area contributed by atoms with Crippen molar-refractivity contribution in [3.63, 3.8) is 0 Å². The van der Waals surface area contributed by atoms with Gasteiger partial charge in [0, 0.05) is 12.8 Å². The molecule has 0 bridgehead atoms. The molecule has 1 heterocycles. The Kier molecular flexibility index (Phi) is 4.21. The van der Waals surface area contributed by atoms with Gasteiger partial charge in [-0.25, -0.2) is 4.98 Å². The van der Waals surface area contributed by atoms with Gasteiger partial charge in [-0.1, -0.05) is 26.1 Å². The Labute approximate surface area is 102 Å². The van der Waals surface area contributed by atoms with Gasteiger partial charge in [-0.05, 0) is 32.3 Å². The average molecular weight is 240 g/mol. The van der Waals surface area contributed by atoms with Crippen LogP contribution < -0.4 is 0 Å². The molecule has 1 rings (SSSR count). The van der Waals surface area contributed by atoms with Crippen LogP contribution in [0.15, 0.2) is 6.07 Å². The van der Waals surface area contributed by atoms with Crippen LogP contribution in [0, 0.1) is 10.6 Å². The second-order valence-corrected chi connectivity index (χ2v) is 5.32. The zero-order valence-corrected chi connectivity index (χ0v) is 11.4. The van der Waals surface area contributed by atoms with Crippen LogP contribution in [0.25, 0.3) is 0 Å². The zero-order valence-electron chi connectivity index (χ0n) is 10.6. The summed E-state index contributed by atoms with van der Waals surface area (Å²) in [6.07, 6.45) is 0.971. The van der Waals surface area contributed by atoms with E-state index in [0.29, 0.717) is 10.6 Å². The van der Waals surface area contributed by atoms with Gasteiger partial charge in [-0.15, -0.1) is 0 Å². The van der Waals surface area contributed by atoms with Crippen LogP contribution in [0.3, 0.4) is 0 Å². The molecule has 0 saturated heterocycles. The number of hydrogen-bond acceptors (Lipinski definition) is 3. The molecule has 0 unspecified atom stereocenters. The largest absolute Gasteiger partial charge is 0.371 e. The summed E-state index contributed by atoms with van der Waals surface area (Å²) in [6, 6.07) is 1.92. The molecule has 0 fully saturated rings. The van der Waals surface area contributed by atoms with Crippen molar-refractivity contribution < 1.29 is 4.74 Å². The van der Waals surface area contributed by atoms with Crippen molar-refractivity contribution in [2.75, 3.05) is 7.11 Å². The third kappa shape index (κ3) is 3.39. The lowest BCUT2D eigenvalue weighted by Gasteiger charge is -2.22. The van der Waals surface area contributed by atoms with Gasteiger partial charge >= 0.3 is 0 Å². The maximum absolute atomic E-state index is 5.40. The van der Waals surface area contributed by atoms with Crippen molar-refractivity contribution in [1.29, 1.82) is 0 Å². The quantitative estimate of drug-likeness (QED) is 0.821. The Bertz CT molecular complexity index is 410. The Hall–Kier alpha value is -0.740. The number of nitrogens with zero attached hydrogens (tertiary/aromatic N) is 1. The molecule has 90 valence electrons. The molecule has 0 aliphatic carbocycles. The van der Waals surface area contributed by atoms with Crippen LogP contribution >= 0.6 is 12.2 Å². The van der Waals surface area contributed by atoms with Crippen LogP contribution in [-0.4, -0.2) is 17.1 Å². The van der Waals surface area contributed by atoms with E-state index in [-0.39, 0.29) is 0 Å². The SMILES string of the molecule is COC(C)(C)c1nc(=S)cc(CC(C)C)[nH]1. The van der Waals surface area contributed by atoms with Gasteiger partial charge < -0.3 is 9.72 Å². The summed E-state index contributed by atoms with van der Waals surface area (Å²) in [7, 11) is 1.67. The van der Waals surface area contributed by atoms with Crippen molar-refractivity contribution in [3.8, 4) is 0 Å². The highest BCUT2D eigenvalue weighted by Crippen LogP contribution is 2.20. The third-order valence-electron chi connectivity index (χ3n) is 2.51. The zero-order chi connectivity index (χ0) is 12.3. The Morgan fingerprint density at radius 1 is 1.50 bits per heavy atom. The summed E-state index contributed by atoms with van der Waals surface area (Å²) in [5.41, 5.74) is 0.690. The van der Waals surface area contributed by atoms with Gasteiger partial charge in [0.05, 0.1) is 0 Å². The average Bonchev–Trinajstić information content (AvgIpc) is 2.15. The molecule has 0 spiro atoms. The highest BCUT2D eigenvalue weighted by atomic mass is 32.1. The first kappa shape index (κ1) is 13.3. The predicted molar refractivity (Wildman–Crippen MR) is 68.0 cm³/mol. The molecule has 0 aromatic carbocycles.